The van der Waals surface area contributed by atoms with Crippen LogP contribution in [0.4, 0.5) is 17.1 Å². The molecule has 0 unspecified atom stereocenters. The van der Waals surface area contributed by atoms with Crippen molar-refractivity contribution in [2.45, 2.75) is 80.2 Å². The van der Waals surface area contributed by atoms with Crippen LogP contribution in [0.3, 0.4) is 0 Å². The molecule has 15 nitrogen and oxygen atoms in total. The van der Waals surface area contributed by atoms with Gasteiger partial charge in [-0.2, -0.15) is 25.5 Å². The third kappa shape index (κ3) is 10.4. The van der Waals surface area contributed by atoms with Crippen LogP contribution in [-0.2, 0) is 0 Å². The van der Waals surface area contributed by atoms with Gasteiger partial charge in [0.05, 0.1) is 38.2 Å². The van der Waals surface area contributed by atoms with Crippen molar-refractivity contribution < 1.29 is 31.0 Å². The molecule has 0 aliphatic carbocycles. The summed E-state index contributed by atoms with van der Waals surface area (Å²) in [5.74, 6) is 7.10. The van der Waals surface area contributed by atoms with Crippen molar-refractivity contribution in [2.24, 2.45) is 16.0 Å². The second-order valence-electron chi connectivity index (χ2n) is 17.1. The predicted octanol–water partition coefficient (Wildman–Crippen LogP) is 11.6. The van der Waals surface area contributed by atoms with Gasteiger partial charge >= 0.3 is 29.6 Å². The van der Waals surface area contributed by atoms with Gasteiger partial charge in [0, 0.05) is 48.8 Å². The van der Waals surface area contributed by atoms with Crippen LogP contribution < -0.4 is 51.3 Å². The Balaban J connectivity index is 0.000000161. The first-order valence-corrected chi connectivity index (χ1v) is 25.0. The van der Waals surface area contributed by atoms with E-state index < -0.39 is 0 Å². The number of aromatic amines is 1. The molecule has 2 aliphatic rings. The monoisotopic (exact) mass is 1090 g/mol. The molecule has 5 N–H and O–H groups in total. The van der Waals surface area contributed by atoms with Crippen LogP contribution in [-0.4, -0.2) is 62.4 Å². The number of hydrogen-bond acceptors (Lipinski definition) is 12. The number of fused-ring (bicyclic) bond motifs is 1. The number of nitrogens with zero attached hydrogens (tertiary/aromatic N) is 11. The molecule has 8 heterocycles. The van der Waals surface area contributed by atoms with Gasteiger partial charge in [-0.15, -0.1) is 0 Å². The summed E-state index contributed by atoms with van der Waals surface area (Å²) < 4.78 is 3.68. The van der Waals surface area contributed by atoms with Crippen LogP contribution in [0.25, 0.3) is 66.9 Å². The first kappa shape index (κ1) is 53.3. The summed E-state index contributed by atoms with van der Waals surface area (Å²) in [6, 6.07) is 22.4. The molecule has 2 aliphatic heterocycles. The molecule has 0 spiro atoms. The summed E-state index contributed by atoms with van der Waals surface area (Å²) in [6.45, 7) is 14.2. The molecule has 0 amide bonds. The zero-order chi connectivity index (χ0) is 50.4. The number of nitrogens with two attached hydrogens (primary N) is 1. The number of aromatic nitrogens is 9. The molecule has 72 heavy (non-hydrogen) atoms. The Hall–Kier alpha value is -5.04. The van der Waals surface area contributed by atoms with E-state index in [-0.39, 0.29) is 31.0 Å². The van der Waals surface area contributed by atoms with Crippen LogP contribution in [0.1, 0.15) is 71.9 Å². The molecule has 22 heteroatoms. The van der Waals surface area contributed by atoms with Crippen molar-refractivity contribution in [3.8, 4) is 33.8 Å². The molecule has 3 aromatic carbocycles. The fourth-order valence-corrected chi connectivity index (χ4v) is 10.3. The number of halogens is 6. The molecule has 9 aromatic rings. The number of pyridine rings is 3. The fourth-order valence-electron chi connectivity index (χ4n) is 8.80. The number of nitrogens with one attached hydrogen (secondary N) is 3. The van der Waals surface area contributed by atoms with Gasteiger partial charge in [-0.3, -0.25) is 21.4 Å². The summed E-state index contributed by atoms with van der Waals surface area (Å²) in [4.78, 5) is 14.0. The molecule has 6 aromatic heterocycles. The Kier molecular flexibility index (Phi) is 16.4. The molecule has 0 saturated carbocycles. The second-order valence-corrected chi connectivity index (χ2v) is 19.7. The molecular weight excluding hydrogens is 1050 g/mol. The van der Waals surface area contributed by atoms with E-state index in [2.05, 4.69) is 66.1 Å². The van der Waals surface area contributed by atoms with E-state index in [1.54, 1.807) is 35.0 Å². The van der Waals surface area contributed by atoms with Crippen molar-refractivity contribution in [1.29, 1.82) is 0 Å². The van der Waals surface area contributed by atoms with Gasteiger partial charge < -0.3 is 6.85 Å². The number of hydrazone groups is 2. The van der Waals surface area contributed by atoms with Gasteiger partial charge in [0.15, 0.2) is 0 Å². The van der Waals surface area contributed by atoms with E-state index in [1.165, 1.54) is 0 Å². The van der Waals surface area contributed by atoms with Crippen LogP contribution in [0.2, 0.25) is 30.1 Å². The Labute approximate surface area is 469 Å². The average Bonchev–Trinajstić information content (AvgIpc) is 4.04. The predicted molar refractivity (Wildman–Crippen MR) is 295 cm³/mol. The summed E-state index contributed by atoms with van der Waals surface area (Å²) in [5.41, 5.74) is 20.5. The van der Waals surface area contributed by atoms with Crippen molar-refractivity contribution in [3.63, 3.8) is 0 Å². The number of aryl methyl sites for hydroxylation is 3. The molecule has 0 atom stereocenters. The summed E-state index contributed by atoms with van der Waals surface area (Å²) in [7, 11) is 0. The maximum atomic E-state index is 6.51. The Morgan fingerprint density at radius 1 is 0.611 bits per heavy atom. The number of anilines is 3. The maximum absolute atomic E-state index is 6.51. The number of nitrogen functional groups attached to an aromatic ring is 1. The smallest absolute Gasteiger partial charge is 1.00 e. The van der Waals surface area contributed by atoms with E-state index in [0.717, 1.165) is 127 Å². The third-order valence-electron chi connectivity index (χ3n) is 11.9. The van der Waals surface area contributed by atoms with Gasteiger partial charge in [0.1, 0.15) is 61.9 Å². The topological polar surface area (TPSA) is 181 Å². The molecular formula is C50H48Cl6N15Na. The standard InChI is InChI=1S/C22H25Cl2N5.C15H11Cl2N5.C13H11Cl2N5.Na.H/c1-5-7-16(8-6-2)29-19-11-13(3)25-21-20(17-10-9-15(23)12-18(17)24)27-28(22(19)21)14(4)26-29;1-7-5-12-15-14(18-7)13(21-22(15)8(2)19-20-12)10-4-3-9(16)6-11(10)17;1-6-4-10(18-16)12-13(17-6)11(19-20-12)8-3-2-7(14)5-9(8)15;;/h9-12,16H,5-8H2,1-4H3;3-6,20H,1-2H3;2-5H,16H2,1H3,(H,17,18)(H,19,20);;/q;;;+1;-1. The average molecular weight is 1090 g/mol. The van der Waals surface area contributed by atoms with Crippen LogP contribution in [0, 0.1) is 20.8 Å². The Morgan fingerprint density at radius 2 is 1.10 bits per heavy atom. The van der Waals surface area contributed by atoms with E-state index in [1.807, 2.05) is 75.7 Å². The van der Waals surface area contributed by atoms with Gasteiger partial charge in [-0.1, -0.05) is 96.3 Å². The van der Waals surface area contributed by atoms with Crippen molar-refractivity contribution >= 4 is 131 Å². The number of benzene rings is 3. The number of hydrazine groups is 1. The van der Waals surface area contributed by atoms with Crippen molar-refractivity contribution in [2.75, 3.05) is 15.9 Å². The second kappa shape index (κ2) is 22.2. The molecule has 0 bridgehead atoms. The molecule has 0 saturated heterocycles. The number of H-pyrrole nitrogens is 1. The summed E-state index contributed by atoms with van der Waals surface area (Å²) >= 11 is 37.1. The van der Waals surface area contributed by atoms with E-state index >= 15 is 0 Å². The third-order valence-corrected chi connectivity index (χ3v) is 13.5. The van der Waals surface area contributed by atoms with Crippen molar-refractivity contribution in [1.82, 2.24) is 44.7 Å². The Morgan fingerprint density at radius 3 is 1.62 bits per heavy atom. The fraction of sp³-hybridized carbons (Fsp3) is 0.240. The van der Waals surface area contributed by atoms with Gasteiger partial charge in [-0.05, 0) is 120 Å². The van der Waals surface area contributed by atoms with Crippen molar-refractivity contribution in [3.05, 3.63) is 120 Å². The van der Waals surface area contributed by atoms with Gasteiger partial charge in [0.2, 0.25) is 0 Å². The first-order valence-electron chi connectivity index (χ1n) is 22.7. The van der Waals surface area contributed by atoms with E-state index in [4.69, 9.17) is 90.6 Å². The minimum absolute atomic E-state index is 0. The minimum Gasteiger partial charge on any atom is -1.00 e. The van der Waals surface area contributed by atoms with Gasteiger partial charge in [-0.25, -0.2) is 24.3 Å². The molecule has 0 fully saturated rings. The normalized spacial score (nSPS) is 12.5. The summed E-state index contributed by atoms with van der Waals surface area (Å²) in [5, 5.41) is 31.5. The van der Waals surface area contributed by atoms with Crippen LogP contribution in [0.15, 0.2) is 83.0 Å². The van der Waals surface area contributed by atoms with Crippen LogP contribution >= 0.6 is 69.6 Å². The number of rotatable bonds is 9. The number of hydrogen-bond donors (Lipinski definition) is 4. The minimum atomic E-state index is 0. The van der Waals surface area contributed by atoms with E-state index in [0.29, 0.717) is 47.4 Å². The van der Waals surface area contributed by atoms with E-state index in [9.17, 15) is 0 Å². The quantitative estimate of drug-likeness (QED) is 0.0617. The SMILES string of the molecule is CC1=NNc2cc(C)nc3c(-c4ccc(Cl)cc4Cl)nn1c23.CCCC(CCC)N1N=C(C)n2nc(-c3ccc(Cl)cc3Cl)c3nc(C)cc1c32.Cc1cc(NN)c2[nH]nc(-c3ccc(Cl)cc3Cl)c2n1.[H-].[Na+]. The maximum Gasteiger partial charge on any atom is 1.00 e. The molecule has 0 radical (unpaired) electrons. The zero-order valence-corrected chi connectivity index (χ0v) is 47.1. The van der Waals surface area contributed by atoms with Gasteiger partial charge in [0.25, 0.3) is 0 Å². The molecule has 11 rings (SSSR count). The molecule has 366 valence electrons. The summed E-state index contributed by atoms with van der Waals surface area (Å²) in [6.07, 6.45) is 4.43. The first-order chi connectivity index (χ1) is 34.1. The largest absolute Gasteiger partial charge is 1.00 e. The zero-order valence-electron chi connectivity index (χ0n) is 41.6. The van der Waals surface area contributed by atoms with Crippen LogP contribution in [0.5, 0.6) is 0 Å². The Bertz CT molecular complexity index is 3610.